The summed E-state index contributed by atoms with van der Waals surface area (Å²) >= 11 is 0. The average molecular weight is 476 g/mol. The number of para-hydroxylation sites is 1. The second-order valence-corrected chi connectivity index (χ2v) is 8.88. The molecule has 5 aromatic rings. The fourth-order valence-electron chi connectivity index (χ4n) is 5.19. The maximum absolute atomic E-state index is 14.1. The molecule has 1 heterocycles. The normalized spacial score (nSPS) is 12.9. The zero-order valence-corrected chi connectivity index (χ0v) is 20.3. The topological polar surface area (TPSA) is 40.5 Å². The van der Waals surface area contributed by atoms with Gasteiger partial charge in [-0.3, -0.25) is 4.79 Å². The molecule has 0 saturated heterocycles. The number of hydrogen-bond acceptors (Lipinski definition) is 3. The largest absolute Gasteiger partial charge is 0.382 e. The Labute approximate surface area is 211 Å². The SMILES string of the molecule is C=CC[C@H](c1cccc2ccccc12)[C@H](c1ccccc1)c1cc2ccccc2n(OCOC)c1=O. The molecule has 0 aliphatic heterocycles. The molecule has 0 radical (unpaired) electrons. The van der Waals surface area contributed by atoms with Crippen LogP contribution in [0.4, 0.5) is 0 Å². The molecule has 0 saturated carbocycles. The minimum absolute atomic E-state index is 0.0132. The number of rotatable bonds is 9. The van der Waals surface area contributed by atoms with Gasteiger partial charge in [-0.05, 0) is 46.4 Å². The van der Waals surface area contributed by atoms with E-state index in [1.165, 1.54) is 21.1 Å². The summed E-state index contributed by atoms with van der Waals surface area (Å²) in [5.41, 5.74) is 3.46. The van der Waals surface area contributed by atoms with Gasteiger partial charge in [0.05, 0.1) is 5.52 Å². The van der Waals surface area contributed by atoms with E-state index >= 15 is 0 Å². The van der Waals surface area contributed by atoms with Crippen LogP contribution < -0.4 is 10.4 Å². The minimum Gasteiger partial charge on any atom is -0.382 e. The molecule has 0 N–H and O–H groups in total. The Bertz CT molecular complexity index is 1550. The summed E-state index contributed by atoms with van der Waals surface area (Å²) in [6.07, 6.45) is 2.65. The van der Waals surface area contributed by atoms with Gasteiger partial charge >= 0.3 is 0 Å². The van der Waals surface area contributed by atoms with E-state index in [4.69, 9.17) is 9.57 Å². The number of methoxy groups -OCH3 is 1. The zero-order valence-electron chi connectivity index (χ0n) is 20.3. The molecular formula is C32H29NO3. The standard InChI is InChI=1S/C32H29NO3/c1-3-12-28(27-19-11-17-23-13-7-9-18-26(23)27)31(24-14-5-4-6-15-24)29-21-25-16-8-10-20-30(25)33(32(29)34)36-22-35-2/h3-11,13-21,28,31H,1,12,22H2,2H3/t28-,31+/m1/s1. The van der Waals surface area contributed by atoms with E-state index in [1.54, 1.807) is 7.11 Å². The molecule has 36 heavy (non-hydrogen) atoms. The summed E-state index contributed by atoms with van der Waals surface area (Å²) in [6, 6.07) is 34.8. The Morgan fingerprint density at radius 1 is 0.833 bits per heavy atom. The second kappa shape index (κ2) is 10.6. The van der Waals surface area contributed by atoms with Crippen molar-refractivity contribution < 1.29 is 9.57 Å². The van der Waals surface area contributed by atoms with E-state index in [1.807, 2.05) is 54.6 Å². The molecule has 0 amide bonds. The highest BCUT2D eigenvalue weighted by Crippen LogP contribution is 2.42. The van der Waals surface area contributed by atoms with Gasteiger partial charge < -0.3 is 9.57 Å². The number of aromatic nitrogens is 1. The van der Waals surface area contributed by atoms with Crippen molar-refractivity contribution in [2.45, 2.75) is 18.3 Å². The van der Waals surface area contributed by atoms with Crippen molar-refractivity contribution >= 4 is 21.7 Å². The highest BCUT2D eigenvalue weighted by molar-refractivity contribution is 5.86. The lowest BCUT2D eigenvalue weighted by molar-refractivity contribution is -0.0372. The van der Waals surface area contributed by atoms with Crippen molar-refractivity contribution in [2.24, 2.45) is 0 Å². The fraction of sp³-hybridized carbons (Fsp3) is 0.156. The van der Waals surface area contributed by atoms with Crippen LogP contribution in [0.15, 0.2) is 121 Å². The monoisotopic (exact) mass is 475 g/mol. The number of pyridine rings is 1. The Balaban J connectivity index is 1.80. The molecule has 1 aromatic heterocycles. The first-order valence-electron chi connectivity index (χ1n) is 12.1. The van der Waals surface area contributed by atoms with Gasteiger partial charge in [-0.1, -0.05) is 97.1 Å². The van der Waals surface area contributed by atoms with Crippen LogP contribution in [0.2, 0.25) is 0 Å². The lowest BCUT2D eigenvalue weighted by Crippen LogP contribution is -2.33. The quantitative estimate of drug-likeness (QED) is 0.176. The molecule has 180 valence electrons. The van der Waals surface area contributed by atoms with E-state index in [0.29, 0.717) is 17.5 Å². The summed E-state index contributed by atoms with van der Waals surface area (Å²) in [5.74, 6) is -0.231. The Hall–Kier alpha value is -4.15. The summed E-state index contributed by atoms with van der Waals surface area (Å²) in [5, 5.41) is 3.29. The molecule has 0 fully saturated rings. The van der Waals surface area contributed by atoms with E-state index in [0.717, 1.165) is 10.9 Å². The third kappa shape index (κ3) is 4.43. The van der Waals surface area contributed by atoms with Crippen LogP contribution in [0.3, 0.4) is 0 Å². The number of nitrogens with zero attached hydrogens (tertiary/aromatic N) is 1. The maximum atomic E-state index is 14.1. The van der Waals surface area contributed by atoms with E-state index in [9.17, 15) is 4.79 Å². The summed E-state index contributed by atoms with van der Waals surface area (Å²) in [6.45, 7) is 4.06. The van der Waals surface area contributed by atoms with Crippen LogP contribution in [0.25, 0.3) is 21.7 Å². The smallest absolute Gasteiger partial charge is 0.287 e. The molecule has 0 unspecified atom stereocenters. The highest BCUT2D eigenvalue weighted by atomic mass is 16.8. The Morgan fingerprint density at radius 2 is 1.53 bits per heavy atom. The molecule has 0 aliphatic rings. The second-order valence-electron chi connectivity index (χ2n) is 8.88. The maximum Gasteiger partial charge on any atom is 0.287 e. The number of hydrogen-bond donors (Lipinski definition) is 0. The van der Waals surface area contributed by atoms with Crippen molar-refractivity contribution in [3.8, 4) is 0 Å². The number of ether oxygens (including phenoxy) is 1. The van der Waals surface area contributed by atoms with Gasteiger partial charge in [0.2, 0.25) is 6.79 Å². The molecule has 5 rings (SSSR count). The first-order valence-corrected chi connectivity index (χ1v) is 12.1. The number of fused-ring (bicyclic) bond motifs is 2. The van der Waals surface area contributed by atoms with Crippen LogP contribution in [-0.2, 0) is 4.74 Å². The molecule has 2 atom stereocenters. The van der Waals surface area contributed by atoms with Crippen molar-refractivity contribution in [3.63, 3.8) is 0 Å². The first-order chi connectivity index (χ1) is 17.7. The van der Waals surface area contributed by atoms with Crippen molar-refractivity contribution in [1.82, 2.24) is 4.73 Å². The van der Waals surface area contributed by atoms with E-state index in [2.05, 4.69) is 61.2 Å². The first kappa shape index (κ1) is 23.6. The van der Waals surface area contributed by atoms with Gasteiger partial charge in [0.25, 0.3) is 5.56 Å². The summed E-state index contributed by atoms with van der Waals surface area (Å²) in [7, 11) is 1.55. The Kier molecular flexibility index (Phi) is 6.96. The number of benzene rings is 4. The average Bonchev–Trinajstić information content (AvgIpc) is 2.93. The van der Waals surface area contributed by atoms with Crippen LogP contribution in [-0.4, -0.2) is 18.6 Å². The Morgan fingerprint density at radius 3 is 2.31 bits per heavy atom. The third-order valence-electron chi connectivity index (χ3n) is 6.74. The van der Waals surface area contributed by atoms with E-state index in [-0.39, 0.29) is 24.2 Å². The lowest BCUT2D eigenvalue weighted by atomic mass is 9.74. The predicted octanol–water partition coefficient (Wildman–Crippen LogP) is 6.68. The van der Waals surface area contributed by atoms with Crippen molar-refractivity contribution in [2.75, 3.05) is 13.9 Å². The van der Waals surface area contributed by atoms with Crippen LogP contribution >= 0.6 is 0 Å². The zero-order chi connectivity index (χ0) is 24.9. The van der Waals surface area contributed by atoms with Gasteiger partial charge in [0, 0.05) is 24.0 Å². The van der Waals surface area contributed by atoms with Crippen molar-refractivity contribution in [3.05, 3.63) is 143 Å². The minimum atomic E-state index is -0.218. The highest BCUT2D eigenvalue weighted by Gasteiger charge is 2.30. The van der Waals surface area contributed by atoms with Crippen LogP contribution in [0.1, 0.15) is 34.9 Å². The van der Waals surface area contributed by atoms with Gasteiger partial charge in [-0.25, -0.2) is 0 Å². The third-order valence-corrected chi connectivity index (χ3v) is 6.74. The summed E-state index contributed by atoms with van der Waals surface area (Å²) in [4.78, 5) is 19.9. The van der Waals surface area contributed by atoms with Gasteiger partial charge in [0.15, 0.2) is 0 Å². The van der Waals surface area contributed by atoms with Crippen LogP contribution in [0, 0.1) is 0 Å². The van der Waals surface area contributed by atoms with Gasteiger partial charge in [-0.2, -0.15) is 0 Å². The molecular weight excluding hydrogens is 446 g/mol. The molecule has 4 heteroatoms. The summed E-state index contributed by atoms with van der Waals surface area (Å²) < 4.78 is 6.52. The molecule has 0 bridgehead atoms. The van der Waals surface area contributed by atoms with Gasteiger partial charge in [-0.15, -0.1) is 11.3 Å². The van der Waals surface area contributed by atoms with E-state index < -0.39 is 0 Å². The van der Waals surface area contributed by atoms with Crippen LogP contribution in [0.5, 0.6) is 0 Å². The predicted molar refractivity (Wildman–Crippen MR) is 146 cm³/mol. The molecule has 0 aliphatic carbocycles. The lowest BCUT2D eigenvalue weighted by Gasteiger charge is -2.29. The molecule has 0 spiro atoms. The van der Waals surface area contributed by atoms with Crippen molar-refractivity contribution in [1.29, 1.82) is 0 Å². The molecule has 4 aromatic carbocycles. The number of allylic oxidation sites excluding steroid dienone is 1. The molecule has 4 nitrogen and oxygen atoms in total. The fourth-order valence-corrected chi connectivity index (χ4v) is 5.19. The van der Waals surface area contributed by atoms with Gasteiger partial charge in [0.1, 0.15) is 0 Å².